The molecule has 0 aromatic heterocycles. The SMILES string of the molecule is CC.CCC1(CCOC)CN(C(C)C)C2=C1C=CCC=C2. The molecule has 21 heavy (non-hydrogen) atoms. The Morgan fingerprint density at radius 3 is 2.48 bits per heavy atom. The van der Waals surface area contributed by atoms with Gasteiger partial charge in [-0.15, -0.1) is 0 Å². The third-order valence-electron chi connectivity index (χ3n) is 4.55. The molecular weight excluding hydrogens is 258 g/mol. The van der Waals surface area contributed by atoms with E-state index in [-0.39, 0.29) is 5.41 Å². The maximum absolute atomic E-state index is 5.35. The van der Waals surface area contributed by atoms with Crippen LogP contribution in [0.25, 0.3) is 0 Å². The van der Waals surface area contributed by atoms with Crippen LogP contribution in [0.3, 0.4) is 0 Å². The van der Waals surface area contributed by atoms with E-state index in [1.165, 1.54) is 17.7 Å². The summed E-state index contributed by atoms with van der Waals surface area (Å²) in [4.78, 5) is 2.56. The van der Waals surface area contributed by atoms with Gasteiger partial charge in [0.05, 0.1) is 0 Å². The maximum Gasteiger partial charge on any atom is 0.0471 e. The van der Waals surface area contributed by atoms with Crippen molar-refractivity contribution in [3.8, 4) is 0 Å². The normalized spacial score (nSPS) is 24.0. The highest BCUT2D eigenvalue weighted by Gasteiger charge is 2.42. The van der Waals surface area contributed by atoms with Crippen LogP contribution in [0.4, 0.5) is 0 Å². The van der Waals surface area contributed by atoms with Crippen molar-refractivity contribution in [3.63, 3.8) is 0 Å². The minimum Gasteiger partial charge on any atom is -0.385 e. The second-order valence-corrected chi connectivity index (χ2v) is 5.94. The molecule has 0 aromatic carbocycles. The van der Waals surface area contributed by atoms with Gasteiger partial charge in [0.2, 0.25) is 0 Å². The molecule has 0 saturated carbocycles. The molecule has 120 valence electrons. The Hall–Kier alpha value is -1.02. The van der Waals surface area contributed by atoms with Crippen LogP contribution in [-0.4, -0.2) is 31.2 Å². The number of rotatable bonds is 5. The molecule has 1 unspecified atom stereocenters. The Labute approximate surface area is 131 Å². The van der Waals surface area contributed by atoms with Crippen molar-refractivity contribution in [1.82, 2.24) is 4.90 Å². The third kappa shape index (κ3) is 3.79. The maximum atomic E-state index is 5.35. The van der Waals surface area contributed by atoms with Crippen LogP contribution in [0, 0.1) is 5.41 Å². The van der Waals surface area contributed by atoms with E-state index < -0.39 is 0 Å². The molecule has 0 N–H and O–H groups in total. The molecule has 1 heterocycles. The van der Waals surface area contributed by atoms with Crippen LogP contribution in [0.1, 0.15) is 53.9 Å². The lowest BCUT2D eigenvalue weighted by molar-refractivity contribution is 0.136. The first-order valence-electron chi connectivity index (χ1n) is 8.48. The molecule has 0 aromatic rings. The lowest BCUT2D eigenvalue weighted by Gasteiger charge is -2.33. The fourth-order valence-electron chi connectivity index (χ4n) is 3.27. The Morgan fingerprint density at radius 1 is 1.24 bits per heavy atom. The van der Waals surface area contributed by atoms with Gasteiger partial charge in [0.25, 0.3) is 0 Å². The van der Waals surface area contributed by atoms with Gasteiger partial charge in [0.15, 0.2) is 0 Å². The van der Waals surface area contributed by atoms with Gasteiger partial charge in [0, 0.05) is 37.4 Å². The van der Waals surface area contributed by atoms with E-state index >= 15 is 0 Å². The molecule has 0 amide bonds. The Balaban J connectivity index is 0.00000106. The molecule has 2 aliphatic rings. The van der Waals surface area contributed by atoms with E-state index in [4.69, 9.17) is 4.74 Å². The molecule has 0 fully saturated rings. The zero-order valence-electron chi connectivity index (χ0n) is 14.8. The molecule has 1 aliphatic heterocycles. The van der Waals surface area contributed by atoms with Crippen molar-refractivity contribution in [2.45, 2.75) is 59.9 Å². The summed E-state index contributed by atoms with van der Waals surface area (Å²) in [6.45, 7) is 12.9. The first kappa shape index (κ1) is 18.0. The van der Waals surface area contributed by atoms with Crippen LogP contribution in [0.2, 0.25) is 0 Å². The quantitative estimate of drug-likeness (QED) is 0.711. The molecule has 0 bridgehead atoms. The third-order valence-corrected chi connectivity index (χ3v) is 4.55. The lowest BCUT2D eigenvalue weighted by Crippen LogP contribution is -2.34. The number of methoxy groups -OCH3 is 1. The highest BCUT2D eigenvalue weighted by Crippen LogP contribution is 2.47. The summed E-state index contributed by atoms with van der Waals surface area (Å²) in [5.41, 5.74) is 3.22. The number of nitrogens with zero attached hydrogens (tertiary/aromatic N) is 1. The molecule has 0 radical (unpaired) electrons. The number of allylic oxidation sites excluding steroid dienone is 4. The molecule has 1 atom stereocenters. The number of hydrogen-bond acceptors (Lipinski definition) is 2. The second kappa shape index (κ2) is 8.43. The van der Waals surface area contributed by atoms with Crippen molar-refractivity contribution < 1.29 is 4.74 Å². The van der Waals surface area contributed by atoms with Gasteiger partial charge in [-0.05, 0) is 44.8 Å². The zero-order valence-corrected chi connectivity index (χ0v) is 14.8. The predicted molar refractivity (Wildman–Crippen MR) is 92.3 cm³/mol. The van der Waals surface area contributed by atoms with Crippen molar-refractivity contribution in [2.75, 3.05) is 20.3 Å². The minimum absolute atomic E-state index is 0.265. The van der Waals surface area contributed by atoms with Gasteiger partial charge >= 0.3 is 0 Å². The van der Waals surface area contributed by atoms with E-state index in [0.29, 0.717) is 6.04 Å². The fraction of sp³-hybridized carbons (Fsp3) is 0.684. The van der Waals surface area contributed by atoms with Crippen LogP contribution in [0.5, 0.6) is 0 Å². The standard InChI is InChI=1S/C17H27NO.C2H6/c1-5-17(11-12-19-4)13-18(14(2)3)16-10-8-6-7-9-15(16)17;1-2/h7-10,14H,5-6,11-13H2,1-4H3;1-2H3. The van der Waals surface area contributed by atoms with Gasteiger partial charge < -0.3 is 9.64 Å². The largest absolute Gasteiger partial charge is 0.385 e. The van der Waals surface area contributed by atoms with Crippen molar-refractivity contribution in [1.29, 1.82) is 0 Å². The Kier molecular flexibility index (Phi) is 7.24. The van der Waals surface area contributed by atoms with Crippen LogP contribution in [0.15, 0.2) is 35.6 Å². The Morgan fingerprint density at radius 2 is 1.90 bits per heavy atom. The van der Waals surface area contributed by atoms with Gasteiger partial charge in [-0.25, -0.2) is 0 Å². The Bertz CT molecular complexity index is 406. The van der Waals surface area contributed by atoms with Crippen LogP contribution >= 0.6 is 0 Å². The zero-order chi connectivity index (χ0) is 15.9. The van der Waals surface area contributed by atoms with Gasteiger partial charge in [-0.1, -0.05) is 39.0 Å². The van der Waals surface area contributed by atoms with Crippen molar-refractivity contribution in [3.05, 3.63) is 35.6 Å². The summed E-state index contributed by atoms with van der Waals surface area (Å²) < 4.78 is 5.35. The smallest absolute Gasteiger partial charge is 0.0471 e. The van der Waals surface area contributed by atoms with E-state index in [2.05, 4.69) is 50.0 Å². The molecule has 2 heteroatoms. The van der Waals surface area contributed by atoms with E-state index in [1.807, 2.05) is 13.8 Å². The second-order valence-electron chi connectivity index (χ2n) is 5.94. The molecule has 0 saturated heterocycles. The minimum atomic E-state index is 0.265. The van der Waals surface area contributed by atoms with E-state index in [9.17, 15) is 0 Å². The van der Waals surface area contributed by atoms with Gasteiger partial charge in [-0.3, -0.25) is 0 Å². The summed E-state index contributed by atoms with van der Waals surface area (Å²) in [5, 5.41) is 0. The summed E-state index contributed by atoms with van der Waals surface area (Å²) in [6.07, 6.45) is 12.6. The molecular formula is C19H33NO. The van der Waals surface area contributed by atoms with Gasteiger partial charge in [0.1, 0.15) is 0 Å². The molecule has 0 spiro atoms. The van der Waals surface area contributed by atoms with E-state index in [0.717, 1.165) is 26.0 Å². The van der Waals surface area contributed by atoms with E-state index in [1.54, 1.807) is 7.11 Å². The highest BCUT2D eigenvalue weighted by molar-refractivity contribution is 5.44. The average Bonchev–Trinajstić information content (AvgIpc) is 2.66. The first-order chi connectivity index (χ1) is 10.1. The van der Waals surface area contributed by atoms with Crippen molar-refractivity contribution in [2.24, 2.45) is 5.41 Å². The number of hydrogen-bond donors (Lipinski definition) is 0. The highest BCUT2D eigenvalue weighted by atomic mass is 16.5. The average molecular weight is 291 g/mol. The summed E-state index contributed by atoms with van der Waals surface area (Å²) in [5.74, 6) is 0. The summed E-state index contributed by atoms with van der Waals surface area (Å²) in [7, 11) is 1.80. The van der Waals surface area contributed by atoms with Crippen LogP contribution in [-0.2, 0) is 4.74 Å². The molecule has 1 aliphatic carbocycles. The first-order valence-corrected chi connectivity index (χ1v) is 8.48. The monoisotopic (exact) mass is 291 g/mol. The fourth-order valence-corrected chi connectivity index (χ4v) is 3.27. The van der Waals surface area contributed by atoms with Crippen LogP contribution < -0.4 is 0 Å². The van der Waals surface area contributed by atoms with Gasteiger partial charge in [-0.2, -0.15) is 0 Å². The van der Waals surface area contributed by atoms with Crippen molar-refractivity contribution >= 4 is 0 Å². The predicted octanol–water partition coefficient (Wildman–Crippen LogP) is 4.94. The summed E-state index contributed by atoms with van der Waals surface area (Å²) in [6, 6.07) is 0.553. The molecule has 2 rings (SSSR count). The topological polar surface area (TPSA) is 12.5 Å². The molecule has 2 nitrogen and oxygen atoms in total. The lowest BCUT2D eigenvalue weighted by atomic mass is 9.76. The number of ether oxygens (including phenoxy) is 1. The summed E-state index contributed by atoms with van der Waals surface area (Å²) >= 11 is 0.